The molecular weight excluding hydrogens is 330 g/mol. The maximum atomic E-state index is 12.1. The minimum atomic E-state index is -0.229. The van der Waals surface area contributed by atoms with Crippen LogP contribution in [-0.2, 0) is 17.9 Å². The van der Waals surface area contributed by atoms with Crippen LogP contribution in [0, 0.1) is 6.92 Å². The minimum Gasteiger partial charge on any atom is -0.484 e. The lowest BCUT2D eigenvalue weighted by atomic mass is 10.1. The molecule has 0 saturated carbocycles. The third kappa shape index (κ3) is 3.91. The van der Waals surface area contributed by atoms with Crippen LogP contribution < -0.4 is 15.6 Å². The normalized spacial score (nSPS) is 10.7. The number of carbonyl (C=O) groups is 1. The first kappa shape index (κ1) is 17.7. The first-order valence-corrected chi connectivity index (χ1v) is 8.52. The Labute approximate surface area is 151 Å². The van der Waals surface area contributed by atoms with Crippen molar-refractivity contribution in [2.75, 3.05) is 6.61 Å². The van der Waals surface area contributed by atoms with Gasteiger partial charge in [0.05, 0.1) is 17.8 Å². The van der Waals surface area contributed by atoms with Gasteiger partial charge in [-0.25, -0.2) is 0 Å². The summed E-state index contributed by atoms with van der Waals surface area (Å²) in [5.74, 6) is 0.325. The number of fused-ring (bicyclic) bond motifs is 1. The topological polar surface area (TPSA) is 73.2 Å². The van der Waals surface area contributed by atoms with Crippen LogP contribution in [0.1, 0.15) is 18.2 Å². The van der Waals surface area contributed by atoms with Crippen molar-refractivity contribution in [3.05, 3.63) is 70.3 Å². The Morgan fingerprint density at radius 2 is 2.08 bits per heavy atom. The highest BCUT2D eigenvalue weighted by molar-refractivity contribution is 5.84. The van der Waals surface area contributed by atoms with Crippen LogP contribution >= 0.6 is 0 Å². The lowest BCUT2D eigenvalue weighted by molar-refractivity contribution is -0.123. The number of benzene rings is 1. The summed E-state index contributed by atoms with van der Waals surface area (Å²) in [5, 5.41) is 3.76. The molecule has 1 aromatic carbocycles. The van der Waals surface area contributed by atoms with E-state index in [1.165, 1.54) is 0 Å². The van der Waals surface area contributed by atoms with Crippen LogP contribution in [0.5, 0.6) is 5.75 Å². The van der Waals surface area contributed by atoms with E-state index in [0.717, 1.165) is 22.2 Å². The van der Waals surface area contributed by atoms with E-state index in [1.54, 1.807) is 22.9 Å². The maximum Gasteiger partial charge on any atom is 0.258 e. The molecule has 6 heteroatoms. The fourth-order valence-electron chi connectivity index (χ4n) is 2.84. The molecule has 6 nitrogen and oxygen atoms in total. The Balaban J connectivity index is 1.69. The van der Waals surface area contributed by atoms with E-state index in [1.807, 2.05) is 44.2 Å². The summed E-state index contributed by atoms with van der Waals surface area (Å²) in [6.45, 7) is 4.67. The first-order valence-electron chi connectivity index (χ1n) is 8.52. The Kier molecular flexibility index (Phi) is 5.31. The van der Waals surface area contributed by atoms with Crippen LogP contribution in [0.4, 0.5) is 0 Å². The largest absolute Gasteiger partial charge is 0.484 e. The van der Waals surface area contributed by atoms with Gasteiger partial charge in [0.15, 0.2) is 6.61 Å². The second kappa shape index (κ2) is 7.82. The number of nitrogens with zero attached hydrogens (tertiary/aromatic N) is 2. The van der Waals surface area contributed by atoms with Gasteiger partial charge in [-0.2, -0.15) is 0 Å². The van der Waals surface area contributed by atoms with Crippen LogP contribution in [0.15, 0.2) is 53.5 Å². The standard InChI is InChI=1S/C20H21N3O3/c1-3-23-18-11-16(7-8-17(18)14(2)10-20(23)25)26-13-19(24)22-12-15-6-4-5-9-21-15/h4-11H,3,12-13H2,1-2H3,(H,22,24). The van der Waals surface area contributed by atoms with Gasteiger partial charge in [0, 0.05) is 30.3 Å². The van der Waals surface area contributed by atoms with Gasteiger partial charge >= 0.3 is 0 Å². The van der Waals surface area contributed by atoms with Crippen LogP contribution in [0.3, 0.4) is 0 Å². The van der Waals surface area contributed by atoms with E-state index in [4.69, 9.17) is 4.74 Å². The number of nitrogens with one attached hydrogen (secondary N) is 1. The fourth-order valence-corrected chi connectivity index (χ4v) is 2.84. The number of ether oxygens (including phenoxy) is 1. The Hall–Kier alpha value is -3.15. The molecule has 0 spiro atoms. The Bertz CT molecular complexity index is 981. The van der Waals surface area contributed by atoms with Gasteiger partial charge in [0.1, 0.15) is 5.75 Å². The molecule has 26 heavy (non-hydrogen) atoms. The molecule has 0 aliphatic rings. The number of hydrogen-bond acceptors (Lipinski definition) is 4. The van der Waals surface area contributed by atoms with Crippen molar-refractivity contribution in [1.29, 1.82) is 0 Å². The van der Waals surface area contributed by atoms with Crippen molar-refractivity contribution < 1.29 is 9.53 Å². The van der Waals surface area contributed by atoms with Gasteiger partial charge in [0.25, 0.3) is 11.5 Å². The molecule has 0 fully saturated rings. The van der Waals surface area contributed by atoms with E-state index in [-0.39, 0.29) is 18.1 Å². The molecule has 0 atom stereocenters. The van der Waals surface area contributed by atoms with Gasteiger partial charge in [-0.1, -0.05) is 6.07 Å². The molecule has 0 saturated heterocycles. The van der Waals surface area contributed by atoms with Crippen LogP contribution in [0.2, 0.25) is 0 Å². The Morgan fingerprint density at radius 1 is 1.23 bits per heavy atom. The van der Waals surface area contributed by atoms with Crippen molar-refractivity contribution in [2.45, 2.75) is 26.9 Å². The first-order chi connectivity index (χ1) is 12.6. The fraction of sp³-hybridized carbons (Fsp3) is 0.250. The number of carbonyl (C=O) groups excluding carboxylic acids is 1. The summed E-state index contributed by atoms with van der Waals surface area (Å²) in [6.07, 6.45) is 1.68. The molecule has 1 amide bonds. The zero-order chi connectivity index (χ0) is 18.5. The quantitative estimate of drug-likeness (QED) is 0.740. The summed E-state index contributed by atoms with van der Waals surface area (Å²) in [7, 11) is 0. The molecule has 3 rings (SSSR count). The highest BCUT2D eigenvalue weighted by Crippen LogP contribution is 2.22. The average molecular weight is 351 g/mol. The van der Waals surface area contributed by atoms with Crippen molar-refractivity contribution in [2.24, 2.45) is 0 Å². The van der Waals surface area contributed by atoms with E-state index < -0.39 is 0 Å². The second-order valence-electron chi connectivity index (χ2n) is 5.98. The summed E-state index contributed by atoms with van der Waals surface area (Å²) < 4.78 is 7.29. The summed E-state index contributed by atoms with van der Waals surface area (Å²) >= 11 is 0. The number of aryl methyl sites for hydroxylation is 2. The predicted octanol–water partition coefficient (Wildman–Crippen LogP) is 2.42. The average Bonchev–Trinajstić information content (AvgIpc) is 2.65. The SMILES string of the molecule is CCn1c(=O)cc(C)c2ccc(OCC(=O)NCc3ccccn3)cc21. The van der Waals surface area contributed by atoms with E-state index in [0.29, 0.717) is 18.8 Å². The molecule has 1 N–H and O–H groups in total. The van der Waals surface area contributed by atoms with Gasteiger partial charge in [-0.3, -0.25) is 14.6 Å². The van der Waals surface area contributed by atoms with E-state index >= 15 is 0 Å². The van der Waals surface area contributed by atoms with Crippen molar-refractivity contribution in [3.63, 3.8) is 0 Å². The molecule has 0 unspecified atom stereocenters. The number of hydrogen-bond donors (Lipinski definition) is 1. The molecule has 2 aromatic heterocycles. The molecule has 0 aliphatic carbocycles. The Morgan fingerprint density at radius 3 is 2.81 bits per heavy atom. The summed E-state index contributed by atoms with van der Waals surface area (Å²) in [6, 6.07) is 12.7. The van der Waals surface area contributed by atoms with Crippen LogP contribution in [-0.4, -0.2) is 22.1 Å². The third-order valence-corrected chi connectivity index (χ3v) is 4.17. The summed E-state index contributed by atoms with van der Waals surface area (Å²) in [5.41, 5.74) is 2.48. The van der Waals surface area contributed by atoms with Crippen LogP contribution in [0.25, 0.3) is 10.9 Å². The lowest BCUT2D eigenvalue weighted by Gasteiger charge is -2.12. The maximum absolute atomic E-state index is 12.1. The highest BCUT2D eigenvalue weighted by Gasteiger charge is 2.08. The minimum absolute atomic E-state index is 0.0391. The predicted molar refractivity (Wildman–Crippen MR) is 100 cm³/mol. The number of amides is 1. The number of aromatic nitrogens is 2. The molecule has 0 radical (unpaired) electrons. The van der Waals surface area contributed by atoms with Crippen molar-refractivity contribution >= 4 is 16.8 Å². The molecule has 0 aliphatic heterocycles. The van der Waals surface area contributed by atoms with Crippen molar-refractivity contribution in [3.8, 4) is 5.75 Å². The van der Waals surface area contributed by atoms with Gasteiger partial charge < -0.3 is 14.6 Å². The lowest BCUT2D eigenvalue weighted by Crippen LogP contribution is -2.28. The number of pyridine rings is 2. The summed E-state index contributed by atoms with van der Waals surface area (Å²) in [4.78, 5) is 28.3. The van der Waals surface area contributed by atoms with E-state index in [2.05, 4.69) is 10.3 Å². The molecular formula is C20H21N3O3. The van der Waals surface area contributed by atoms with Crippen molar-refractivity contribution in [1.82, 2.24) is 14.9 Å². The van der Waals surface area contributed by atoms with Gasteiger partial charge in [-0.15, -0.1) is 0 Å². The second-order valence-corrected chi connectivity index (χ2v) is 5.98. The van der Waals surface area contributed by atoms with Gasteiger partial charge in [0.2, 0.25) is 0 Å². The monoisotopic (exact) mass is 351 g/mol. The zero-order valence-electron chi connectivity index (χ0n) is 14.9. The molecule has 3 aromatic rings. The highest BCUT2D eigenvalue weighted by atomic mass is 16.5. The van der Waals surface area contributed by atoms with E-state index in [9.17, 15) is 9.59 Å². The molecule has 134 valence electrons. The number of rotatable bonds is 6. The van der Waals surface area contributed by atoms with Gasteiger partial charge in [-0.05, 0) is 43.7 Å². The third-order valence-electron chi connectivity index (χ3n) is 4.17. The smallest absolute Gasteiger partial charge is 0.258 e. The molecule has 0 bridgehead atoms. The zero-order valence-corrected chi connectivity index (χ0v) is 14.9. The molecule has 2 heterocycles.